The van der Waals surface area contributed by atoms with Crippen LogP contribution in [0.2, 0.25) is 0 Å². The van der Waals surface area contributed by atoms with E-state index in [-0.39, 0.29) is 19.1 Å². The van der Waals surface area contributed by atoms with Crippen LogP contribution in [0.3, 0.4) is 0 Å². The van der Waals surface area contributed by atoms with Crippen LogP contribution in [0.4, 0.5) is 0 Å². The number of esters is 1. The van der Waals surface area contributed by atoms with Crippen molar-refractivity contribution in [3.63, 3.8) is 0 Å². The molecule has 4 nitrogen and oxygen atoms in total. The molecule has 0 unspecified atom stereocenters. The van der Waals surface area contributed by atoms with Crippen molar-refractivity contribution in [3.8, 4) is 5.75 Å². The highest BCUT2D eigenvalue weighted by atomic mass is 79.9. The number of carbonyl (C=O) groups excluding carboxylic acids is 1. The Morgan fingerprint density at radius 2 is 2.30 bits per heavy atom. The van der Waals surface area contributed by atoms with Crippen molar-refractivity contribution < 1.29 is 14.3 Å². The smallest absolute Gasteiger partial charge is 0.326 e. The van der Waals surface area contributed by atoms with E-state index in [1.807, 2.05) is 29.0 Å². The number of hydrogen-bond acceptors (Lipinski definition) is 3. The molecule has 0 bridgehead atoms. The average molecular weight is 338 g/mol. The van der Waals surface area contributed by atoms with E-state index in [1.54, 1.807) is 13.2 Å². The van der Waals surface area contributed by atoms with E-state index in [1.165, 1.54) is 0 Å². The molecule has 1 aromatic carbocycles. The van der Waals surface area contributed by atoms with E-state index in [2.05, 4.69) is 22.5 Å². The molecule has 5 heteroatoms. The monoisotopic (exact) mass is 337 g/mol. The number of alkyl halides is 1. The maximum atomic E-state index is 11.7. The van der Waals surface area contributed by atoms with Crippen LogP contribution in [0.25, 0.3) is 10.9 Å². The number of nitrogens with zero attached hydrogens (tertiary/aromatic N) is 1. The van der Waals surface area contributed by atoms with Crippen molar-refractivity contribution in [2.45, 2.75) is 11.9 Å². The molecule has 1 aromatic heterocycles. The standard InChI is InChI=1S/C15H16BrNO3/c1-3-6-20-15(18)10-17-9-11(8-16)13-7-12(19-2)4-5-14(13)17/h3-5,7,9H,1,6,8,10H2,2H3. The first-order chi connectivity index (χ1) is 9.69. The summed E-state index contributed by atoms with van der Waals surface area (Å²) in [6, 6.07) is 5.80. The van der Waals surface area contributed by atoms with Crippen LogP contribution in [-0.2, 0) is 21.4 Å². The first kappa shape index (κ1) is 14.7. The van der Waals surface area contributed by atoms with E-state index in [0.29, 0.717) is 5.33 Å². The Bertz CT molecular complexity index is 633. The van der Waals surface area contributed by atoms with Crippen molar-refractivity contribution in [2.24, 2.45) is 0 Å². The van der Waals surface area contributed by atoms with E-state index in [9.17, 15) is 4.79 Å². The van der Waals surface area contributed by atoms with Crippen molar-refractivity contribution >= 4 is 32.8 Å². The molecular formula is C15H16BrNO3. The number of benzene rings is 1. The summed E-state index contributed by atoms with van der Waals surface area (Å²) in [6.45, 7) is 3.94. The van der Waals surface area contributed by atoms with E-state index in [0.717, 1.165) is 22.2 Å². The third-order valence-corrected chi connectivity index (χ3v) is 3.58. The molecule has 20 heavy (non-hydrogen) atoms. The predicted octanol–water partition coefficient (Wildman–Crippen LogP) is 3.27. The molecule has 2 aromatic rings. The number of rotatable bonds is 6. The zero-order chi connectivity index (χ0) is 14.5. The SMILES string of the molecule is C=CCOC(=O)Cn1cc(CBr)c2cc(OC)ccc21. The molecule has 0 N–H and O–H groups in total. The fourth-order valence-corrected chi connectivity index (χ4v) is 2.50. The summed E-state index contributed by atoms with van der Waals surface area (Å²) in [5, 5.41) is 1.78. The van der Waals surface area contributed by atoms with Crippen molar-refractivity contribution in [3.05, 3.63) is 42.6 Å². The van der Waals surface area contributed by atoms with Crippen molar-refractivity contribution in [1.82, 2.24) is 4.57 Å². The quantitative estimate of drug-likeness (QED) is 0.461. The number of aromatic nitrogens is 1. The Kier molecular flexibility index (Phi) is 4.84. The third-order valence-electron chi connectivity index (χ3n) is 2.98. The van der Waals surface area contributed by atoms with Crippen LogP contribution in [0, 0.1) is 0 Å². The second kappa shape index (κ2) is 6.61. The van der Waals surface area contributed by atoms with Crippen LogP contribution in [0.5, 0.6) is 5.75 Å². The minimum absolute atomic E-state index is 0.184. The van der Waals surface area contributed by atoms with Crippen LogP contribution in [0.15, 0.2) is 37.1 Å². The zero-order valence-electron chi connectivity index (χ0n) is 11.3. The van der Waals surface area contributed by atoms with Gasteiger partial charge in [-0.05, 0) is 23.8 Å². The highest BCUT2D eigenvalue weighted by Crippen LogP contribution is 2.27. The van der Waals surface area contributed by atoms with Gasteiger partial charge in [-0.25, -0.2) is 0 Å². The van der Waals surface area contributed by atoms with Crippen LogP contribution in [0.1, 0.15) is 5.56 Å². The van der Waals surface area contributed by atoms with E-state index < -0.39 is 0 Å². The Morgan fingerprint density at radius 3 is 2.95 bits per heavy atom. The normalized spacial score (nSPS) is 10.5. The summed E-state index contributed by atoms with van der Waals surface area (Å²) in [7, 11) is 1.64. The summed E-state index contributed by atoms with van der Waals surface area (Å²) in [6.07, 6.45) is 3.51. The largest absolute Gasteiger partial charge is 0.497 e. The van der Waals surface area contributed by atoms with Gasteiger partial charge >= 0.3 is 5.97 Å². The van der Waals surface area contributed by atoms with Crippen LogP contribution >= 0.6 is 15.9 Å². The average Bonchev–Trinajstić information content (AvgIpc) is 2.82. The predicted molar refractivity (Wildman–Crippen MR) is 82.3 cm³/mol. The minimum atomic E-state index is -0.279. The maximum Gasteiger partial charge on any atom is 0.326 e. The van der Waals surface area contributed by atoms with Gasteiger partial charge in [-0.15, -0.1) is 0 Å². The number of ether oxygens (including phenoxy) is 2. The van der Waals surface area contributed by atoms with Gasteiger partial charge in [0.15, 0.2) is 0 Å². The summed E-state index contributed by atoms with van der Waals surface area (Å²) in [4.78, 5) is 11.7. The molecule has 0 atom stereocenters. The lowest BCUT2D eigenvalue weighted by molar-refractivity contribution is -0.143. The molecule has 0 saturated heterocycles. The number of fused-ring (bicyclic) bond motifs is 1. The fourth-order valence-electron chi connectivity index (χ4n) is 2.05. The summed E-state index contributed by atoms with van der Waals surface area (Å²) < 4.78 is 12.1. The topological polar surface area (TPSA) is 40.5 Å². The number of hydrogen-bond donors (Lipinski definition) is 0. The van der Waals surface area contributed by atoms with Gasteiger partial charge in [0.1, 0.15) is 18.9 Å². The number of halogens is 1. The fraction of sp³-hybridized carbons (Fsp3) is 0.267. The molecule has 106 valence electrons. The van der Waals surface area contributed by atoms with E-state index >= 15 is 0 Å². The molecule has 0 aliphatic heterocycles. The Hall–Kier alpha value is -1.75. The Balaban J connectivity index is 2.34. The Morgan fingerprint density at radius 1 is 1.50 bits per heavy atom. The van der Waals surface area contributed by atoms with Crippen LogP contribution < -0.4 is 4.74 Å². The van der Waals surface area contributed by atoms with Crippen LogP contribution in [-0.4, -0.2) is 24.3 Å². The molecule has 0 saturated carbocycles. The second-order valence-electron chi connectivity index (χ2n) is 4.27. The third kappa shape index (κ3) is 3.04. The summed E-state index contributed by atoms with van der Waals surface area (Å²) >= 11 is 3.46. The van der Waals surface area contributed by atoms with Gasteiger partial charge in [-0.2, -0.15) is 0 Å². The Labute approximate surface area is 126 Å². The lowest BCUT2D eigenvalue weighted by Gasteiger charge is -2.05. The summed E-state index contributed by atoms with van der Waals surface area (Å²) in [5.74, 6) is 0.519. The van der Waals surface area contributed by atoms with Crippen molar-refractivity contribution in [1.29, 1.82) is 0 Å². The van der Waals surface area contributed by atoms with Crippen molar-refractivity contribution in [2.75, 3.05) is 13.7 Å². The molecule has 0 aliphatic carbocycles. The van der Waals surface area contributed by atoms with Gasteiger partial charge in [0, 0.05) is 22.4 Å². The lowest BCUT2D eigenvalue weighted by Crippen LogP contribution is -2.12. The zero-order valence-corrected chi connectivity index (χ0v) is 12.9. The van der Waals surface area contributed by atoms with Gasteiger partial charge in [-0.3, -0.25) is 4.79 Å². The molecular weight excluding hydrogens is 322 g/mol. The van der Waals surface area contributed by atoms with Gasteiger partial charge < -0.3 is 14.0 Å². The van der Waals surface area contributed by atoms with Gasteiger partial charge in [0.2, 0.25) is 0 Å². The highest BCUT2D eigenvalue weighted by molar-refractivity contribution is 9.08. The maximum absolute atomic E-state index is 11.7. The molecule has 0 fully saturated rings. The van der Waals surface area contributed by atoms with Gasteiger partial charge in [0.05, 0.1) is 7.11 Å². The van der Waals surface area contributed by atoms with E-state index in [4.69, 9.17) is 9.47 Å². The molecule has 0 aliphatic rings. The van der Waals surface area contributed by atoms with Gasteiger partial charge in [-0.1, -0.05) is 28.6 Å². The molecule has 0 amide bonds. The minimum Gasteiger partial charge on any atom is -0.497 e. The van der Waals surface area contributed by atoms with Gasteiger partial charge in [0.25, 0.3) is 0 Å². The molecule has 0 spiro atoms. The first-order valence-electron chi connectivity index (χ1n) is 6.17. The highest BCUT2D eigenvalue weighted by Gasteiger charge is 2.12. The lowest BCUT2D eigenvalue weighted by atomic mass is 10.2. The molecule has 0 radical (unpaired) electrons. The molecule has 2 rings (SSSR count). The number of methoxy groups -OCH3 is 1. The second-order valence-corrected chi connectivity index (χ2v) is 4.83. The summed E-state index contributed by atoms with van der Waals surface area (Å²) in [5.41, 5.74) is 2.09. The number of carbonyl (C=O) groups is 1. The first-order valence-corrected chi connectivity index (χ1v) is 7.30. The molecule has 1 heterocycles.